The molecule has 2 aromatic heterocycles. The smallest absolute Gasteiger partial charge is 0.135 e. The molecule has 6 aromatic carbocycles. The fourth-order valence-corrected chi connectivity index (χ4v) is 7.96. The van der Waals surface area contributed by atoms with Crippen molar-refractivity contribution in [3.63, 3.8) is 0 Å². The average Bonchev–Trinajstić information content (AvgIpc) is 3.76. The van der Waals surface area contributed by atoms with Gasteiger partial charge in [-0.05, 0) is 91.9 Å². The Kier molecular flexibility index (Phi) is 10.6. The predicted octanol–water partition coefficient (Wildman–Crippen LogP) is 14.5. The molecule has 0 amide bonds. The van der Waals surface area contributed by atoms with Crippen molar-refractivity contribution in [3.05, 3.63) is 175 Å². The third kappa shape index (κ3) is 7.77. The molecule has 0 spiro atoms. The molecule has 0 bridgehead atoms. The number of rotatable bonds is 6. The van der Waals surface area contributed by atoms with E-state index < -0.39 is 0 Å². The van der Waals surface area contributed by atoms with Crippen LogP contribution in [0.1, 0.15) is 79.0 Å². The van der Waals surface area contributed by atoms with Crippen LogP contribution in [0.15, 0.2) is 140 Å². The third-order valence-corrected chi connectivity index (χ3v) is 11.4. The van der Waals surface area contributed by atoms with Gasteiger partial charge in [-0.3, -0.25) is 0 Å². The van der Waals surface area contributed by atoms with Gasteiger partial charge in [-0.2, -0.15) is 12.1 Å². The number of fused-ring (bicyclic) bond motifs is 4. The molecule has 0 unspecified atom stereocenters. The number of hydrogen-bond acceptors (Lipinski definition) is 4. The van der Waals surface area contributed by atoms with Crippen molar-refractivity contribution in [3.8, 4) is 28.4 Å². The summed E-state index contributed by atoms with van der Waals surface area (Å²) in [6.07, 6.45) is 1.90. The van der Waals surface area contributed by atoms with Crippen LogP contribution in [0.3, 0.4) is 0 Å². The van der Waals surface area contributed by atoms with Crippen LogP contribution in [0.5, 0.6) is 11.5 Å². The average molecular weight is 967 g/mol. The Hall–Kier alpha value is -5.64. The summed E-state index contributed by atoms with van der Waals surface area (Å²) in [5.41, 5.74) is 12.4. The van der Waals surface area contributed by atoms with E-state index in [9.17, 15) is 0 Å². The van der Waals surface area contributed by atoms with Gasteiger partial charge < -0.3 is 19.1 Å². The summed E-state index contributed by atoms with van der Waals surface area (Å²) < 4.78 is 8.81. The van der Waals surface area contributed by atoms with Crippen molar-refractivity contribution in [2.75, 3.05) is 9.80 Å². The van der Waals surface area contributed by atoms with Crippen molar-refractivity contribution < 1.29 is 25.8 Å². The van der Waals surface area contributed by atoms with Crippen LogP contribution in [0.25, 0.3) is 38.8 Å². The standard InChI is InChI=1S/C54H51N4O.Pt/c1-52(2,3)38-23-20-36(21-24-38)37-22-27-48-50(30-37)57(41-15-12-14-39(31-41)53(4,5)6)35-56(48)42-16-13-17-43(33-42)59-44-25-26-46-45-18-10-11-19-47(45)58(49(46)34-44)51-32-40(28-29-55-51)54(7,8)9;/h10-32,35H,1-9H3;/q-3;. The minimum Gasteiger partial charge on any atom is -0.509 e. The van der Waals surface area contributed by atoms with Crippen LogP contribution in [0, 0.1) is 18.8 Å². The van der Waals surface area contributed by atoms with Crippen molar-refractivity contribution in [1.82, 2.24) is 9.55 Å². The van der Waals surface area contributed by atoms with E-state index in [0.717, 1.165) is 50.4 Å². The van der Waals surface area contributed by atoms with Gasteiger partial charge in [0.2, 0.25) is 0 Å². The summed E-state index contributed by atoms with van der Waals surface area (Å²) in [7, 11) is 0. The second kappa shape index (κ2) is 15.4. The molecule has 0 saturated carbocycles. The minimum absolute atomic E-state index is 0. The molecular formula is C54H51N4OPt-3. The number of aromatic nitrogens is 2. The first-order valence-electron chi connectivity index (χ1n) is 20.5. The Morgan fingerprint density at radius 2 is 1.22 bits per heavy atom. The summed E-state index contributed by atoms with van der Waals surface area (Å²) in [5, 5.41) is 2.24. The van der Waals surface area contributed by atoms with E-state index in [2.05, 4.69) is 211 Å². The number of nitrogens with zero attached hydrogens (tertiary/aromatic N) is 4. The Morgan fingerprint density at radius 1 is 0.533 bits per heavy atom. The molecule has 60 heavy (non-hydrogen) atoms. The topological polar surface area (TPSA) is 33.5 Å². The maximum Gasteiger partial charge on any atom is 0.135 e. The minimum atomic E-state index is -0.0171. The monoisotopic (exact) mass is 966 g/mol. The maximum atomic E-state index is 6.62. The molecule has 3 heterocycles. The summed E-state index contributed by atoms with van der Waals surface area (Å²) in [5.74, 6) is 2.07. The molecule has 0 atom stereocenters. The fourth-order valence-electron chi connectivity index (χ4n) is 7.96. The van der Waals surface area contributed by atoms with Crippen LogP contribution in [0.2, 0.25) is 0 Å². The molecule has 9 rings (SSSR count). The van der Waals surface area contributed by atoms with Crippen molar-refractivity contribution in [2.45, 2.75) is 78.6 Å². The van der Waals surface area contributed by atoms with Gasteiger partial charge in [-0.15, -0.1) is 48.1 Å². The Morgan fingerprint density at radius 3 is 1.97 bits per heavy atom. The summed E-state index contributed by atoms with van der Waals surface area (Å²) >= 11 is 0. The van der Waals surface area contributed by atoms with Crippen molar-refractivity contribution >= 4 is 44.6 Å². The van der Waals surface area contributed by atoms with E-state index in [0.29, 0.717) is 11.5 Å². The first-order chi connectivity index (χ1) is 28.1. The SMILES string of the molecule is CC(C)(C)c1ccc(-c2ccc3c(c2)N(c2cccc(C(C)(C)C)c2)[CH-]N3c2[c-]c(Oc3[c-]c4c(cc3)c3ccccc3n4-c3cc(C(C)(C)C)ccn3)ccc2)cc1.[Pt]. The summed E-state index contributed by atoms with van der Waals surface area (Å²) in [6.45, 7) is 22.4. The van der Waals surface area contributed by atoms with Crippen molar-refractivity contribution in [2.24, 2.45) is 0 Å². The summed E-state index contributed by atoms with van der Waals surface area (Å²) in [4.78, 5) is 9.34. The largest absolute Gasteiger partial charge is 0.509 e. The zero-order chi connectivity index (χ0) is 41.3. The molecule has 0 saturated heterocycles. The molecule has 0 aliphatic carbocycles. The Bertz CT molecular complexity index is 2850. The van der Waals surface area contributed by atoms with E-state index >= 15 is 0 Å². The molecule has 0 N–H and O–H groups in total. The zero-order valence-electron chi connectivity index (χ0n) is 35.9. The van der Waals surface area contributed by atoms with Crippen LogP contribution in [-0.4, -0.2) is 9.55 Å². The van der Waals surface area contributed by atoms with E-state index in [-0.39, 0.29) is 37.3 Å². The van der Waals surface area contributed by atoms with Crippen LogP contribution in [0.4, 0.5) is 22.7 Å². The molecule has 306 valence electrons. The second-order valence-electron chi connectivity index (χ2n) is 18.8. The molecule has 5 nitrogen and oxygen atoms in total. The normalized spacial score (nSPS) is 13.2. The van der Waals surface area contributed by atoms with E-state index in [1.807, 2.05) is 24.4 Å². The maximum absolute atomic E-state index is 6.62. The van der Waals surface area contributed by atoms with Crippen LogP contribution >= 0.6 is 0 Å². The zero-order valence-corrected chi connectivity index (χ0v) is 38.1. The van der Waals surface area contributed by atoms with Gasteiger partial charge in [0.1, 0.15) is 5.82 Å². The Labute approximate surface area is 369 Å². The fraction of sp³-hybridized carbons (Fsp3) is 0.222. The number of anilines is 4. The van der Waals surface area contributed by atoms with Crippen molar-refractivity contribution in [1.29, 1.82) is 0 Å². The van der Waals surface area contributed by atoms with Gasteiger partial charge in [0.05, 0.1) is 0 Å². The molecule has 0 fully saturated rings. The molecule has 8 aromatic rings. The van der Waals surface area contributed by atoms with Gasteiger partial charge in [-0.25, -0.2) is 4.98 Å². The van der Waals surface area contributed by atoms with Gasteiger partial charge in [-0.1, -0.05) is 128 Å². The molecule has 1 aliphatic rings. The first kappa shape index (κ1) is 41.1. The molecule has 1 aliphatic heterocycles. The predicted molar refractivity (Wildman–Crippen MR) is 246 cm³/mol. The van der Waals surface area contributed by atoms with Crippen LogP contribution < -0.4 is 14.5 Å². The third-order valence-electron chi connectivity index (χ3n) is 11.4. The number of pyridine rings is 1. The van der Waals surface area contributed by atoms with Gasteiger partial charge >= 0.3 is 0 Å². The first-order valence-corrected chi connectivity index (χ1v) is 20.5. The van der Waals surface area contributed by atoms with Gasteiger partial charge in [0.15, 0.2) is 0 Å². The quantitative estimate of drug-likeness (QED) is 0.156. The number of ether oxygens (including phenoxy) is 1. The molecule has 6 heteroatoms. The second-order valence-corrected chi connectivity index (χ2v) is 18.8. The van der Waals surface area contributed by atoms with Crippen LogP contribution in [-0.2, 0) is 37.3 Å². The number of benzene rings is 6. The van der Waals surface area contributed by atoms with E-state index in [4.69, 9.17) is 9.72 Å². The molecule has 0 radical (unpaired) electrons. The van der Waals surface area contributed by atoms with E-state index in [1.54, 1.807) is 0 Å². The van der Waals surface area contributed by atoms with E-state index in [1.165, 1.54) is 27.8 Å². The summed E-state index contributed by atoms with van der Waals surface area (Å²) in [6, 6.07) is 54.7. The number of para-hydroxylation sites is 1. The molecular weight excluding hydrogens is 916 g/mol. The number of hydrogen-bond donors (Lipinski definition) is 0. The Balaban J connectivity index is 0.00000499. The van der Waals surface area contributed by atoms with Gasteiger partial charge in [0, 0.05) is 61.3 Å². The van der Waals surface area contributed by atoms with Gasteiger partial charge in [0.25, 0.3) is 0 Å².